The van der Waals surface area contributed by atoms with E-state index in [0.29, 0.717) is 0 Å². The molecule has 2 rings (SSSR count). The molecule has 0 saturated carbocycles. The highest BCUT2D eigenvalue weighted by Gasteiger charge is 2.06. The summed E-state index contributed by atoms with van der Waals surface area (Å²) in [6.45, 7) is 0.894. The van der Waals surface area contributed by atoms with Gasteiger partial charge in [0.25, 0.3) is 0 Å². The van der Waals surface area contributed by atoms with Gasteiger partial charge >= 0.3 is 0 Å². The van der Waals surface area contributed by atoms with E-state index in [0.717, 1.165) is 22.3 Å². The first-order chi connectivity index (χ1) is 8.70. The second-order valence-corrected chi connectivity index (χ2v) is 5.19. The van der Waals surface area contributed by atoms with Crippen molar-refractivity contribution in [2.75, 3.05) is 11.9 Å². The Labute approximate surface area is 116 Å². The van der Waals surface area contributed by atoms with Gasteiger partial charge in [0.1, 0.15) is 0 Å². The largest absolute Gasteiger partial charge is 0.392 e. The van der Waals surface area contributed by atoms with E-state index in [1.807, 2.05) is 43.4 Å². The normalized spacial score (nSPS) is 10.4. The van der Waals surface area contributed by atoms with Crippen molar-refractivity contribution in [1.82, 2.24) is 0 Å². The minimum atomic E-state index is 0.0703. The molecule has 1 N–H and O–H groups in total. The Bertz CT molecular complexity index is 510. The summed E-state index contributed by atoms with van der Waals surface area (Å²) in [4.78, 5) is 2.15. The number of hydrogen-bond acceptors (Lipinski definition) is 2. The minimum absolute atomic E-state index is 0.0703. The molecule has 0 bridgehead atoms. The van der Waals surface area contributed by atoms with Crippen molar-refractivity contribution in [2.45, 2.75) is 13.2 Å². The molecular formula is C15H16BrNO. The lowest BCUT2D eigenvalue weighted by molar-refractivity contribution is 0.282. The number of aliphatic hydroxyl groups is 1. The molecule has 0 fully saturated rings. The first-order valence-corrected chi connectivity index (χ1v) is 6.64. The van der Waals surface area contributed by atoms with E-state index in [9.17, 15) is 5.11 Å². The van der Waals surface area contributed by atoms with Gasteiger partial charge in [-0.15, -0.1) is 0 Å². The van der Waals surface area contributed by atoms with Crippen LogP contribution in [-0.4, -0.2) is 12.2 Å². The molecule has 0 aliphatic carbocycles. The van der Waals surface area contributed by atoms with E-state index in [1.54, 1.807) is 0 Å². The first-order valence-electron chi connectivity index (χ1n) is 5.85. The van der Waals surface area contributed by atoms with Crippen molar-refractivity contribution in [2.24, 2.45) is 0 Å². The maximum Gasteiger partial charge on any atom is 0.0702 e. The molecule has 2 aromatic carbocycles. The van der Waals surface area contributed by atoms with Gasteiger partial charge in [0, 0.05) is 29.3 Å². The van der Waals surface area contributed by atoms with E-state index in [-0.39, 0.29) is 6.61 Å². The summed E-state index contributed by atoms with van der Waals surface area (Å²) in [6, 6.07) is 16.2. The molecule has 0 atom stereocenters. The van der Waals surface area contributed by atoms with Crippen LogP contribution >= 0.6 is 15.9 Å². The Morgan fingerprint density at radius 2 is 1.72 bits per heavy atom. The summed E-state index contributed by atoms with van der Waals surface area (Å²) >= 11 is 3.43. The molecule has 2 aromatic rings. The van der Waals surface area contributed by atoms with Crippen molar-refractivity contribution < 1.29 is 5.11 Å². The molecule has 0 aromatic heterocycles. The monoisotopic (exact) mass is 305 g/mol. The maximum absolute atomic E-state index is 9.34. The third-order valence-corrected chi connectivity index (χ3v) is 3.43. The van der Waals surface area contributed by atoms with Crippen LogP contribution in [0.15, 0.2) is 53.0 Å². The highest BCUT2D eigenvalue weighted by Crippen LogP contribution is 2.21. The van der Waals surface area contributed by atoms with Crippen LogP contribution in [0.4, 0.5) is 5.69 Å². The summed E-state index contributed by atoms with van der Waals surface area (Å²) in [5.41, 5.74) is 3.27. The Morgan fingerprint density at radius 1 is 1.06 bits per heavy atom. The third-order valence-electron chi connectivity index (χ3n) is 2.91. The van der Waals surface area contributed by atoms with Gasteiger partial charge in [-0.1, -0.05) is 46.3 Å². The van der Waals surface area contributed by atoms with Gasteiger partial charge in [-0.25, -0.2) is 0 Å². The van der Waals surface area contributed by atoms with Crippen LogP contribution in [0.1, 0.15) is 11.1 Å². The number of rotatable bonds is 4. The Morgan fingerprint density at radius 3 is 2.39 bits per heavy atom. The van der Waals surface area contributed by atoms with Crippen molar-refractivity contribution >= 4 is 21.6 Å². The summed E-state index contributed by atoms with van der Waals surface area (Å²) in [6.07, 6.45) is 0. The fourth-order valence-electron chi connectivity index (χ4n) is 1.97. The van der Waals surface area contributed by atoms with E-state index in [2.05, 4.69) is 33.0 Å². The number of aliphatic hydroxyl groups excluding tert-OH is 1. The van der Waals surface area contributed by atoms with Crippen molar-refractivity contribution in [3.05, 3.63) is 64.1 Å². The van der Waals surface area contributed by atoms with E-state index in [4.69, 9.17) is 0 Å². The van der Waals surface area contributed by atoms with E-state index in [1.165, 1.54) is 5.56 Å². The van der Waals surface area contributed by atoms with Crippen molar-refractivity contribution in [3.8, 4) is 0 Å². The predicted molar refractivity (Wildman–Crippen MR) is 78.6 cm³/mol. The summed E-state index contributed by atoms with van der Waals surface area (Å²) in [7, 11) is 2.04. The van der Waals surface area contributed by atoms with Crippen LogP contribution in [-0.2, 0) is 13.2 Å². The average molecular weight is 306 g/mol. The number of anilines is 1. The first kappa shape index (κ1) is 13.1. The number of halogens is 1. The molecule has 3 heteroatoms. The summed E-state index contributed by atoms with van der Waals surface area (Å²) in [5.74, 6) is 0. The van der Waals surface area contributed by atoms with Gasteiger partial charge in [0.15, 0.2) is 0 Å². The molecule has 0 heterocycles. The molecule has 94 valence electrons. The number of nitrogens with zero attached hydrogens (tertiary/aromatic N) is 1. The highest BCUT2D eigenvalue weighted by molar-refractivity contribution is 9.10. The quantitative estimate of drug-likeness (QED) is 0.933. The highest BCUT2D eigenvalue weighted by atomic mass is 79.9. The van der Waals surface area contributed by atoms with E-state index >= 15 is 0 Å². The smallest absolute Gasteiger partial charge is 0.0702 e. The predicted octanol–water partition coefficient (Wildman–Crippen LogP) is 3.58. The van der Waals surface area contributed by atoms with Crippen LogP contribution in [0.3, 0.4) is 0 Å². The zero-order chi connectivity index (χ0) is 13.0. The lowest BCUT2D eigenvalue weighted by atomic mass is 10.1. The lowest BCUT2D eigenvalue weighted by Gasteiger charge is -2.22. The van der Waals surface area contributed by atoms with Gasteiger partial charge in [0.05, 0.1) is 6.61 Å². The van der Waals surface area contributed by atoms with E-state index < -0.39 is 0 Å². The van der Waals surface area contributed by atoms with Crippen LogP contribution in [0.2, 0.25) is 0 Å². The molecule has 0 saturated heterocycles. The van der Waals surface area contributed by atoms with Crippen molar-refractivity contribution in [1.29, 1.82) is 0 Å². The van der Waals surface area contributed by atoms with Gasteiger partial charge in [-0.05, 0) is 23.8 Å². The average Bonchev–Trinajstić information content (AvgIpc) is 2.41. The minimum Gasteiger partial charge on any atom is -0.392 e. The fourth-order valence-corrected chi connectivity index (χ4v) is 2.23. The molecule has 18 heavy (non-hydrogen) atoms. The van der Waals surface area contributed by atoms with Gasteiger partial charge in [-0.3, -0.25) is 0 Å². The number of benzene rings is 2. The zero-order valence-electron chi connectivity index (χ0n) is 10.3. The Balaban J connectivity index is 2.16. The SMILES string of the molecule is CN(Cc1ccc(Br)cc1)c1ccccc1CO. The second-order valence-electron chi connectivity index (χ2n) is 4.27. The molecule has 2 nitrogen and oxygen atoms in total. The zero-order valence-corrected chi connectivity index (χ0v) is 11.9. The van der Waals surface area contributed by atoms with Gasteiger partial charge in [0.2, 0.25) is 0 Å². The second kappa shape index (κ2) is 6.03. The Kier molecular flexibility index (Phi) is 4.39. The fraction of sp³-hybridized carbons (Fsp3) is 0.200. The third kappa shape index (κ3) is 3.12. The molecule has 0 radical (unpaired) electrons. The van der Waals surface area contributed by atoms with Crippen LogP contribution in [0, 0.1) is 0 Å². The number of hydrogen-bond donors (Lipinski definition) is 1. The van der Waals surface area contributed by atoms with Crippen molar-refractivity contribution in [3.63, 3.8) is 0 Å². The van der Waals surface area contributed by atoms with Crippen LogP contribution in [0.25, 0.3) is 0 Å². The molecule has 0 spiro atoms. The van der Waals surface area contributed by atoms with Crippen LogP contribution < -0.4 is 4.90 Å². The summed E-state index contributed by atoms with van der Waals surface area (Å²) < 4.78 is 1.09. The molecule has 0 aliphatic heterocycles. The lowest BCUT2D eigenvalue weighted by Crippen LogP contribution is -2.17. The molecule has 0 amide bonds. The Hall–Kier alpha value is -1.32. The molecule has 0 aliphatic rings. The number of para-hydroxylation sites is 1. The van der Waals surface area contributed by atoms with Gasteiger partial charge < -0.3 is 10.0 Å². The molecular weight excluding hydrogens is 290 g/mol. The van der Waals surface area contributed by atoms with Crippen LogP contribution in [0.5, 0.6) is 0 Å². The molecule has 0 unspecified atom stereocenters. The summed E-state index contributed by atoms with van der Waals surface area (Å²) in [5, 5.41) is 9.34. The van der Waals surface area contributed by atoms with Gasteiger partial charge in [-0.2, -0.15) is 0 Å². The standard InChI is InChI=1S/C15H16BrNO/c1-17(10-12-6-8-14(16)9-7-12)15-5-3-2-4-13(15)11-18/h2-9,18H,10-11H2,1H3. The maximum atomic E-state index is 9.34. The topological polar surface area (TPSA) is 23.5 Å².